The van der Waals surface area contributed by atoms with Gasteiger partial charge in [0.05, 0.1) is 10.5 Å². The number of aromatic amines is 1. The van der Waals surface area contributed by atoms with E-state index in [-0.39, 0.29) is 23.8 Å². The van der Waals surface area contributed by atoms with Crippen LogP contribution in [0.1, 0.15) is 58.1 Å². The quantitative estimate of drug-likeness (QED) is 0.456. The van der Waals surface area contributed by atoms with Crippen LogP contribution in [-0.4, -0.2) is 92.4 Å². The Kier molecular flexibility index (Phi) is 6.67. The van der Waals surface area contributed by atoms with E-state index >= 15 is 0 Å². The molecule has 1 aliphatic carbocycles. The van der Waals surface area contributed by atoms with E-state index in [0.717, 1.165) is 27.7 Å². The number of hydrogen-bond donors (Lipinski definition) is 3. The number of hydrogen-bond acceptors (Lipinski definition) is 6. The first-order valence-electron chi connectivity index (χ1n) is 15.5. The van der Waals surface area contributed by atoms with Crippen LogP contribution in [0.25, 0.3) is 16.5 Å². The number of rotatable bonds is 5. The molecule has 3 amide bonds. The molecule has 3 N–H and O–H groups in total. The molecule has 0 saturated carbocycles. The van der Waals surface area contributed by atoms with Gasteiger partial charge in [0.1, 0.15) is 12.1 Å². The standard InChI is InChI=1S/C32H40BrN5O5/c1-6-17(4)26-29(40)37-12-8-11-24(37)32(42)38(26)30(41)31(43-32,16(2)3)35-28(39)18-13-20-19-9-7-10-22-25(19)21(27(33)34-22)14-23(20)36(5)15-18/h7,9-10,13,16-18,23-24,26,34,42H,6,8,11-12,14-15H2,1-5H3,(H,35,39)/t17-,18+,23+,24-,26-,31+,32-/m0/s1. The van der Waals surface area contributed by atoms with Gasteiger partial charge in [0.15, 0.2) is 0 Å². The molecule has 4 aliphatic heterocycles. The van der Waals surface area contributed by atoms with Gasteiger partial charge in [-0.2, -0.15) is 0 Å². The van der Waals surface area contributed by atoms with Gasteiger partial charge in [-0.1, -0.05) is 52.3 Å². The predicted octanol–water partition coefficient (Wildman–Crippen LogP) is 3.19. The van der Waals surface area contributed by atoms with Crippen LogP contribution in [0, 0.1) is 17.8 Å². The average molecular weight is 655 g/mol. The second kappa shape index (κ2) is 9.89. The molecule has 5 aliphatic rings. The van der Waals surface area contributed by atoms with Gasteiger partial charge in [-0.15, -0.1) is 0 Å². The lowest BCUT2D eigenvalue weighted by molar-refractivity contribution is -0.324. The molecule has 7 rings (SSSR count). The third-order valence-corrected chi connectivity index (χ3v) is 11.4. The zero-order chi connectivity index (χ0) is 30.6. The largest absolute Gasteiger partial charge is 0.349 e. The first kappa shape index (κ1) is 29.0. The lowest BCUT2D eigenvalue weighted by atomic mass is 9.79. The molecular weight excluding hydrogens is 614 g/mol. The van der Waals surface area contributed by atoms with Crippen molar-refractivity contribution >= 4 is 50.1 Å². The molecule has 0 unspecified atom stereocenters. The summed E-state index contributed by atoms with van der Waals surface area (Å²) in [6.45, 7) is 8.48. The maximum absolute atomic E-state index is 14.5. The van der Waals surface area contributed by atoms with Gasteiger partial charge in [0.25, 0.3) is 11.8 Å². The zero-order valence-corrected chi connectivity index (χ0v) is 26.9. The van der Waals surface area contributed by atoms with Crippen LogP contribution in [0.4, 0.5) is 0 Å². The Morgan fingerprint density at radius 2 is 2.05 bits per heavy atom. The number of benzene rings is 1. The Morgan fingerprint density at radius 3 is 2.77 bits per heavy atom. The van der Waals surface area contributed by atoms with Crippen molar-refractivity contribution in [2.75, 3.05) is 20.1 Å². The van der Waals surface area contributed by atoms with Crippen molar-refractivity contribution in [3.8, 4) is 0 Å². The molecule has 7 atom stereocenters. The number of aliphatic hydroxyl groups is 1. The Morgan fingerprint density at radius 1 is 1.28 bits per heavy atom. The smallest absolute Gasteiger partial charge is 0.281 e. The predicted molar refractivity (Wildman–Crippen MR) is 164 cm³/mol. The lowest BCUT2D eigenvalue weighted by Crippen LogP contribution is -2.72. The molecule has 0 spiro atoms. The van der Waals surface area contributed by atoms with Crippen LogP contribution >= 0.6 is 15.9 Å². The van der Waals surface area contributed by atoms with Crippen molar-refractivity contribution in [3.05, 3.63) is 40.0 Å². The van der Waals surface area contributed by atoms with Crippen molar-refractivity contribution in [2.24, 2.45) is 17.8 Å². The van der Waals surface area contributed by atoms with E-state index < -0.39 is 41.5 Å². The number of halogens is 1. The molecule has 1 aromatic heterocycles. The summed E-state index contributed by atoms with van der Waals surface area (Å²) in [5.41, 5.74) is 2.67. The van der Waals surface area contributed by atoms with Crippen molar-refractivity contribution in [1.82, 2.24) is 25.0 Å². The van der Waals surface area contributed by atoms with E-state index in [1.54, 1.807) is 18.7 Å². The first-order valence-corrected chi connectivity index (χ1v) is 16.3. The number of H-pyrrole nitrogens is 1. The van der Waals surface area contributed by atoms with Gasteiger partial charge in [-0.05, 0) is 70.9 Å². The second-order valence-electron chi connectivity index (χ2n) is 13.4. The Labute approximate surface area is 259 Å². The SMILES string of the molecule is CC[C@H](C)[C@H]1C(=O)N2CCC[C@H]2[C@]2(O)O[C@](NC(=O)[C@@H]3C=C4c5cccc6[nH]c(Br)c(c56)C[C@H]4N(C)C3)(C(C)C)C(=O)N12. The van der Waals surface area contributed by atoms with Gasteiger partial charge in [-0.25, -0.2) is 0 Å². The Bertz CT molecular complexity index is 1570. The average Bonchev–Trinajstić information content (AvgIpc) is 3.65. The molecule has 2 aromatic rings. The summed E-state index contributed by atoms with van der Waals surface area (Å²) in [7, 11) is 2.03. The van der Waals surface area contributed by atoms with Crippen LogP contribution in [0.5, 0.6) is 0 Å². The highest BCUT2D eigenvalue weighted by Gasteiger charge is 2.72. The summed E-state index contributed by atoms with van der Waals surface area (Å²) in [6.07, 6.45) is 4.74. The van der Waals surface area contributed by atoms with Gasteiger partial charge >= 0.3 is 0 Å². The molecule has 11 heteroatoms. The topological polar surface area (TPSA) is 118 Å². The molecule has 0 bridgehead atoms. The number of carbonyl (C=O) groups excluding carboxylic acids is 3. The number of amides is 3. The van der Waals surface area contributed by atoms with Crippen LogP contribution < -0.4 is 5.32 Å². The number of likely N-dealkylation sites (N-methyl/N-ethyl adjacent to an activating group) is 1. The Balaban J connectivity index is 1.26. The van der Waals surface area contributed by atoms with Crippen molar-refractivity contribution in [1.29, 1.82) is 0 Å². The molecule has 0 radical (unpaired) electrons. The monoisotopic (exact) mass is 653 g/mol. The van der Waals surface area contributed by atoms with E-state index in [1.165, 1.54) is 15.8 Å². The number of carbonyl (C=O) groups is 3. The number of nitrogens with one attached hydrogen (secondary N) is 2. The van der Waals surface area contributed by atoms with E-state index in [4.69, 9.17) is 4.74 Å². The van der Waals surface area contributed by atoms with Crippen molar-refractivity contribution in [3.63, 3.8) is 0 Å². The molecule has 10 nitrogen and oxygen atoms in total. The maximum atomic E-state index is 14.5. The fraction of sp³-hybridized carbons (Fsp3) is 0.594. The molecular formula is C32H40BrN5O5. The van der Waals surface area contributed by atoms with E-state index in [1.807, 2.05) is 33.0 Å². The van der Waals surface area contributed by atoms with Gasteiger partial charge in [0.2, 0.25) is 17.5 Å². The molecule has 230 valence electrons. The number of nitrogens with zero attached hydrogens (tertiary/aromatic N) is 3. The van der Waals surface area contributed by atoms with E-state index in [9.17, 15) is 19.5 Å². The summed E-state index contributed by atoms with van der Waals surface area (Å²) in [5.74, 6) is -4.33. The first-order chi connectivity index (χ1) is 20.4. The summed E-state index contributed by atoms with van der Waals surface area (Å²) in [6, 6.07) is 4.75. The van der Waals surface area contributed by atoms with E-state index in [2.05, 4.69) is 43.3 Å². The molecule has 3 fully saturated rings. The summed E-state index contributed by atoms with van der Waals surface area (Å²) < 4.78 is 7.44. The minimum Gasteiger partial charge on any atom is -0.349 e. The zero-order valence-electron chi connectivity index (χ0n) is 25.3. The minimum atomic E-state index is -2.02. The van der Waals surface area contributed by atoms with Crippen LogP contribution in [-0.2, 0) is 25.5 Å². The highest BCUT2D eigenvalue weighted by Crippen LogP contribution is 2.49. The normalized spacial score (nSPS) is 34.4. The molecule has 1 aromatic carbocycles. The van der Waals surface area contributed by atoms with Crippen molar-refractivity contribution < 1.29 is 24.2 Å². The summed E-state index contributed by atoms with van der Waals surface area (Å²) in [4.78, 5) is 50.9. The van der Waals surface area contributed by atoms with Crippen LogP contribution in [0.15, 0.2) is 28.9 Å². The number of ether oxygens (including phenoxy) is 1. The molecule has 5 heterocycles. The van der Waals surface area contributed by atoms with Crippen LogP contribution in [0.3, 0.4) is 0 Å². The summed E-state index contributed by atoms with van der Waals surface area (Å²) >= 11 is 3.70. The lowest BCUT2D eigenvalue weighted by Gasteiger charge is -2.50. The van der Waals surface area contributed by atoms with Gasteiger partial charge < -0.3 is 20.3 Å². The number of aromatic nitrogens is 1. The van der Waals surface area contributed by atoms with Gasteiger partial charge in [-0.3, -0.25) is 28.9 Å². The molecule has 43 heavy (non-hydrogen) atoms. The minimum absolute atomic E-state index is 0.114. The number of piperazine rings is 1. The van der Waals surface area contributed by atoms with Crippen molar-refractivity contribution in [2.45, 2.75) is 83.1 Å². The highest BCUT2D eigenvalue weighted by molar-refractivity contribution is 9.10. The van der Waals surface area contributed by atoms with Gasteiger partial charge in [0, 0.05) is 36.0 Å². The maximum Gasteiger partial charge on any atom is 0.281 e. The molecule has 3 saturated heterocycles. The fourth-order valence-corrected chi connectivity index (χ4v) is 8.73. The fourth-order valence-electron chi connectivity index (χ4n) is 8.15. The Hall–Kier alpha value is -2.73. The number of fused-ring (bicyclic) bond motifs is 5. The highest BCUT2D eigenvalue weighted by atomic mass is 79.9. The summed E-state index contributed by atoms with van der Waals surface area (Å²) in [5, 5.41) is 16.3. The second-order valence-corrected chi connectivity index (χ2v) is 14.2. The van der Waals surface area contributed by atoms with E-state index in [0.29, 0.717) is 32.4 Å². The third-order valence-electron chi connectivity index (χ3n) is 10.7. The van der Waals surface area contributed by atoms with Crippen LogP contribution in [0.2, 0.25) is 0 Å². The third kappa shape index (κ3) is 3.90.